The number of carbonyl (C=O) groups is 2. The van der Waals surface area contributed by atoms with Gasteiger partial charge in [0.1, 0.15) is 29.5 Å². The maximum atomic E-state index is 13.9. The van der Waals surface area contributed by atoms with Crippen molar-refractivity contribution in [1.82, 2.24) is 0 Å². The second-order valence-electron chi connectivity index (χ2n) is 6.27. The van der Waals surface area contributed by atoms with Gasteiger partial charge in [0.2, 0.25) is 5.91 Å². The lowest BCUT2D eigenvalue weighted by molar-refractivity contribution is -0.120. The number of hydrogen-bond acceptors (Lipinski definition) is 5. The average molecular weight is 386 g/mol. The first-order valence-electron chi connectivity index (χ1n) is 8.47. The molecule has 0 spiro atoms. The van der Waals surface area contributed by atoms with Gasteiger partial charge >= 0.3 is 0 Å². The first kappa shape index (κ1) is 19.4. The fourth-order valence-corrected chi connectivity index (χ4v) is 3.18. The number of hydrogen-bond donors (Lipinski definition) is 3. The maximum absolute atomic E-state index is 13.9. The number of ether oxygens (including phenoxy) is 1. The van der Waals surface area contributed by atoms with E-state index in [9.17, 15) is 19.1 Å². The second-order valence-corrected chi connectivity index (χ2v) is 6.27. The number of benzene rings is 2. The molecule has 2 aromatic carbocycles. The molecule has 0 fully saturated rings. The third-order valence-electron chi connectivity index (χ3n) is 4.49. The number of aryl methyl sites for hydroxylation is 1. The van der Waals surface area contributed by atoms with Crippen LogP contribution in [-0.2, 0) is 11.4 Å². The summed E-state index contributed by atoms with van der Waals surface area (Å²) >= 11 is 0. The van der Waals surface area contributed by atoms with Gasteiger partial charge in [-0.1, -0.05) is 18.2 Å². The summed E-state index contributed by atoms with van der Waals surface area (Å²) < 4.78 is 25.2. The molecular weight excluding hydrogens is 367 g/mol. The molecule has 0 aliphatic carbocycles. The van der Waals surface area contributed by atoms with Crippen molar-refractivity contribution >= 4 is 22.8 Å². The Balaban J connectivity index is 2.18. The zero-order chi connectivity index (χ0) is 20.4. The molecule has 0 aliphatic heterocycles. The summed E-state index contributed by atoms with van der Waals surface area (Å²) in [6.07, 6.45) is 0. The molecule has 1 heterocycles. The quantitative estimate of drug-likeness (QED) is 0.573. The number of furan rings is 1. The molecule has 5 N–H and O–H groups in total. The minimum Gasteiger partial charge on any atom is -0.488 e. The van der Waals surface area contributed by atoms with Gasteiger partial charge in [-0.15, -0.1) is 0 Å². The minimum absolute atomic E-state index is 0.0704. The van der Waals surface area contributed by atoms with E-state index < -0.39 is 30.2 Å². The van der Waals surface area contributed by atoms with Crippen LogP contribution in [0.2, 0.25) is 0 Å². The van der Waals surface area contributed by atoms with Gasteiger partial charge in [0.05, 0.1) is 18.1 Å². The van der Waals surface area contributed by atoms with E-state index in [1.807, 2.05) is 0 Å². The van der Waals surface area contributed by atoms with Crippen LogP contribution < -0.4 is 16.2 Å². The number of carbonyl (C=O) groups excluding carboxylic acids is 2. The summed E-state index contributed by atoms with van der Waals surface area (Å²) in [4.78, 5) is 23.9. The number of primary amides is 2. The first-order valence-corrected chi connectivity index (χ1v) is 8.47. The number of halogens is 1. The van der Waals surface area contributed by atoms with Gasteiger partial charge in [-0.3, -0.25) is 9.59 Å². The van der Waals surface area contributed by atoms with Gasteiger partial charge in [0, 0.05) is 16.5 Å². The van der Waals surface area contributed by atoms with Crippen molar-refractivity contribution in [2.24, 2.45) is 11.5 Å². The molecule has 0 aliphatic rings. The van der Waals surface area contributed by atoms with Crippen LogP contribution in [-0.4, -0.2) is 23.5 Å². The van der Waals surface area contributed by atoms with E-state index in [2.05, 4.69) is 0 Å². The number of nitrogens with two attached hydrogens (primary N) is 2. The highest BCUT2D eigenvalue weighted by Crippen LogP contribution is 2.39. The van der Waals surface area contributed by atoms with Crippen molar-refractivity contribution in [2.45, 2.75) is 19.4 Å². The van der Waals surface area contributed by atoms with E-state index in [-0.39, 0.29) is 34.6 Å². The smallest absolute Gasteiger partial charge is 0.252 e. The topological polar surface area (TPSA) is 129 Å². The Morgan fingerprint density at radius 2 is 1.93 bits per heavy atom. The Kier molecular flexibility index (Phi) is 5.32. The lowest BCUT2D eigenvalue weighted by Gasteiger charge is -2.18. The number of aliphatic hydroxyl groups excluding tert-OH is 1. The van der Waals surface area contributed by atoms with Crippen LogP contribution >= 0.6 is 0 Å². The van der Waals surface area contributed by atoms with Gasteiger partial charge in [0.25, 0.3) is 5.91 Å². The molecule has 0 bridgehead atoms. The standard InChI is InChI=1S/C20H19FN2O5/c1-10-16(20(23)26)18-15(28-10)7-6-14(17(18)12(8-24)19(22)25)27-9-11-4-2-3-5-13(11)21/h2-7,12,24H,8-9H2,1H3,(H2,22,25)(H2,23,26). The zero-order valence-electron chi connectivity index (χ0n) is 15.1. The Morgan fingerprint density at radius 1 is 1.21 bits per heavy atom. The average Bonchev–Trinajstić information content (AvgIpc) is 2.98. The lowest BCUT2D eigenvalue weighted by atomic mass is 9.92. The summed E-state index contributed by atoms with van der Waals surface area (Å²) in [7, 11) is 0. The van der Waals surface area contributed by atoms with E-state index in [0.717, 1.165) is 0 Å². The summed E-state index contributed by atoms with van der Waals surface area (Å²) in [6.45, 7) is 0.805. The Bertz CT molecular complexity index is 1060. The Labute approximate surface area is 159 Å². The monoisotopic (exact) mass is 386 g/mol. The molecule has 1 unspecified atom stereocenters. The van der Waals surface area contributed by atoms with Crippen molar-refractivity contribution in [2.75, 3.05) is 6.61 Å². The molecule has 7 nitrogen and oxygen atoms in total. The van der Waals surface area contributed by atoms with Crippen molar-refractivity contribution in [3.63, 3.8) is 0 Å². The highest BCUT2D eigenvalue weighted by Gasteiger charge is 2.29. The van der Waals surface area contributed by atoms with Crippen LogP contribution in [0.15, 0.2) is 40.8 Å². The molecule has 3 aromatic rings. The van der Waals surface area contributed by atoms with Crippen LogP contribution in [0, 0.1) is 12.7 Å². The fraction of sp³-hybridized carbons (Fsp3) is 0.200. The van der Waals surface area contributed by atoms with E-state index >= 15 is 0 Å². The maximum Gasteiger partial charge on any atom is 0.252 e. The molecule has 8 heteroatoms. The SMILES string of the molecule is Cc1oc2ccc(OCc3ccccc3F)c(C(CO)C(N)=O)c2c1C(N)=O. The number of aliphatic hydroxyl groups is 1. The zero-order valence-corrected chi connectivity index (χ0v) is 15.1. The third-order valence-corrected chi connectivity index (χ3v) is 4.49. The van der Waals surface area contributed by atoms with E-state index in [4.69, 9.17) is 20.6 Å². The molecule has 1 aromatic heterocycles. The highest BCUT2D eigenvalue weighted by molar-refractivity contribution is 6.09. The molecule has 28 heavy (non-hydrogen) atoms. The molecule has 0 radical (unpaired) electrons. The molecule has 1 atom stereocenters. The van der Waals surface area contributed by atoms with Gasteiger partial charge in [0.15, 0.2) is 0 Å². The molecule has 3 rings (SSSR count). The normalized spacial score (nSPS) is 12.1. The third kappa shape index (κ3) is 3.41. The van der Waals surface area contributed by atoms with Crippen molar-refractivity contribution in [3.05, 3.63) is 64.7 Å². The van der Waals surface area contributed by atoms with Crippen molar-refractivity contribution in [3.8, 4) is 5.75 Å². The van der Waals surface area contributed by atoms with Crippen molar-refractivity contribution < 1.29 is 28.2 Å². The largest absolute Gasteiger partial charge is 0.488 e. The van der Waals surface area contributed by atoms with Gasteiger partial charge in [-0.2, -0.15) is 0 Å². The second kappa shape index (κ2) is 7.69. The van der Waals surface area contributed by atoms with Crippen LogP contribution in [0.4, 0.5) is 4.39 Å². The first-order chi connectivity index (χ1) is 13.3. The van der Waals surface area contributed by atoms with Gasteiger partial charge in [-0.05, 0) is 25.1 Å². The summed E-state index contributed by atoms with van der Waals surface area (Å²) in [6, 6.07) is 9.13. The fourth-order valence-electron chi connectivity index (χ4n) is 3.18. The molecule has 2 amide bonds. The van der Waals surface area contributed by atoms with Crippen LogP contribution in [0.1, 0.15) is 33.2 Å². The van der Waals surface area contributed by atoms with E-state index in [1.54, 1.807) is 31.2 Å². The van der Waals surface area contributed by atoms with Gasteiger partial charge in [-0.25, -0.2) is 4.39 Å². The summed E-state index contributed by atoms with van der Waals surface area (Å²) in [5.74, 6) is -2.77. The Hall–Kier alpha value is -3.39. The van der Waals surface area contributed by atoms with Gasteiger partial charge < -0.3 is 25.7 Å². The van der Waals surface area contributed by atoms with Crippen LogP contribution in [0.5, 0.6) is 5.75 Å². The minimum atomic E-state index is -1.17. The number of rotatable bonds is 7. The highest BCUT2D eigenvalue weighted by atomic mass is 19.1. The molecule has 0 saturated heterocycles. The van der Waals surface area contributed by atoms with Crippen LogP contribution in [0.3, 0.4) is 0 Å². The number of amides is 2. The van der Waals surface area contributed by atoms with Crippen LogP contribution in [0.25, 0.3) is 11.0 Å². The van der Waals surface area contributed by atoms with Crippen molar-refractivity contribution in [1.29, 1.82) is 0 Å². The summed E-state index contributed by atoms with van der Waals surface area (Å²) in [5.41, 5.74) is 11.8. The molecule has 146 valence electrons. The molecular formula is C20H19FN2O5. The van der Waals surface area contributed by atoms with E-state index in [1.165, 1.54) is 12.1 Å². The summed E-state index contributed by atoms with van der Waals surface area (Å²) in [5, 5.41) is 9.98. The predicted molar refractivity (Wildman–Crippen MR) is 99.2 cm³/mol. The van der Waals surface area contributed by atoms with E-state index in [0.29, 0.717) is 11.1 Å². The molecule has 0 saturated carbocycles. The number of fused-ring (bicyclic) bond motifs is 1. The predicted octanol–water partition coefficient (Wildman–Crippen LogP) is 2.12. The lowest BCUT2D eigenvalue weighted by Crippen LogP contribution is -2.25. The Morgan fingerprint density at radius 3 is 2.54 bits per heavy atom.